The molecule has 1 aliphatic rings. The lowest BCUT2D eigenvalue weighted by Gasteiger charge is -2.13. The van der Waals surface area contributed by atoms with Crippen LogP contribution in [0.4, 0.5) is 13.2 Å². The molecule has 0 bridgehead atoms. The van der Waals surface area contributed by atoms with Crippen LogP contribution in [0.25, 0.3) is 0 Å². The molecule has 142 valence electrons. The van der Waals surface area contributed by atoms with Gasteiger partial charge in [0, 0.05) is 5.92 Å². The van der Waals surface area contributed by atoms with Gasteiger partial charge in [-0.3, -0.25) is 4.68 Å². The Bertz CT molecular complexity index is 897. The molecule has 2 heterocycles. The molecule has 0 unspecified atom stereocenters. The van der Waals surface area contributed by atoms with Crippen molar-refractivity contribution in [3.63, 3.8) is 0 Å². The Morgan fingerprint density at radius 3 is 2.52 bits per heavy atom. The molecule has 1 fully saturated rings. The standard InChI is InChI=1S/C18H19F3N6/c1-13(9-26-12-22-11-23-26)15-24-16(25-27(15)10-18(19,20)21)17(7-8-17)14-5-3-2-4-6-14/h2-6,11-13H,7-10H2,1H3/t13-/m0/s1. The fourth-order valence-corrected chi connectivity index (χ4v) is 3.42. The highest BCUT2D eigenvalue weighted by Crippen LogP contribution is 2.52. The Labute approximate surface area is 154 Å². The number of alkyl halides is 3. The molecule has 0 spiro atoms. The average Bonchev–Trinajstić information content (AvgIpc) is 3.07. The second-order valence-electron chi connectivity index (χ2n) is 7.03. The zero-order chi connectivity index (χ0) is 19.1. The first kappa shape index (κ1) is 17.7. The molecule has 0 radical (unpaired) electrons. The molecular weight excluding hydrogens is 357 g/mol. The summed E-state index contributed by atoms with van der Waals surface area (Å²) in [7, 11) is 0. The van der Waals surface area contributed by atoms with E-state index in [-0.39, 0.29) is 11.3 Å². The molecular formula is C18H19F3N6. The first-order valence-electron chi connectivity index (χ1n) is 8.77. The van der Waals surface area contributed by atoms with Crippen LogP contribution in [-0.4, -0.2) is 35.7 Å². The van der Waals surface area contributed by atoms with Gasteiger partial charge >= 0.3 is 6.18 Å². The summed E-state index contributed by atoms with van der Waals surface area (Å²) in [6.45, 7) is 1.06. The molecule has 3 aromatic rings. The summed E-state index contributed by atoms with van der Waals surface area (Å²) in [6, 6.07) is 9.74. The van der Waals surface area contributed by atoms with Crippen molar-refractivity contribution in [1.29, 1.82) is 0 Å². The number of hydrogen-bond donors (Lipinski definition) is 0. The van der Waals surface area contributed by atoms with Crippen LogP contribution in [0.15, 0.2) is 43.0 Å². The van der Waals surface area contributed by atoms with Crippen LogP contribution < -0.4 is 0 Å². The highest BCUT2D eigenvalue weighted by atomic mass is 19.4. The lowest BCUT2D eigenvalue weighted by Crippen LogP contribution is -2.22. The lowest BCUT2D eigenvalue weighted by molar-refractivity contribution is -0.143. The summed E-state index contributed by atoms with van der Waals surface area (Å²) in [5, 5.41) is 8.32. The minimum Gasteiger partial charge on any atom is -0.252 e. The Balaban J connectivity index is 1.70. The molecule has 6 nitrogen and oxygen atoms in total. The van der Waals surface area contributed by atoms with Gasteiger partial charge in [0.15, 0.2) is 5.82 Å². The molecule has 1 atom stereocenters. The monoisotopic (exact) mass is 376 g/mol. The molecule has 27 heavy (non-hydrogen) atoms. The molecule has 1 aliphatic carbocycles. The van der Waals surface area contributed by atoms with Crippen molar-refractivity contribution in [2.45, 2.75) is 50.4 Å². The number of rotatable bonds is 6. The van der Waals surface area contributed by atoms with Gasteiger partial charge < -0.3 is 0 Å². The van der Waals surface area contributed by atoms with E-state index in [2.05, 4.69) is 20.2 Å². The van der Waals surface area contributed by atoms with E-state index in [9.17, 15) is 13.2 Å². The number of aromatic nitrogens is 6. The predicted molar refractivity (Wildman–Crippen MR) is 91.0 cm³/mol. The van der Waals surface area contributed by atoms with Gasteiger partial charge in [-0.2, -0.15) is 23.4 Å². The zero-order valence-electron chi connectivity index (χ0n) is 14.8. The summed E-state index contributed by atoms with van der Waals surface area (Å²) < 4.78 is 41.9. The van der Waals surface area contributed by atoms with E-state index in [0.29, 0.717) is 18.2 Å². The normalized spacial score (nSPS) is 17.0. The third-order valence-electron chi connectivity index (χ3n) is 4.90. The maximum absolute atomic E-state index is 13.1. The minimum atomic E-state index is -4.36. The Morgan fingerprint density at radius 1 is 1.19 bits per heavy atom. The van der Waals surface area contributed by atoms with E-state index in [1.54, 1.807) is 4.68 Å². The molecule has 0 aliphatic heterocycles. The van der Waals surface area contributed by atoms with Crippen molar-refractivity contribution in [2.75, 3.05) is 0 Å². The van der Waals surface area contributed by atoms with E-state index in [0.717, 1.165) is 23.1 Å². The Hall–Kier alpha value is -2.71. The predicted octanol–water partition coefficient (Wildman–Crippen LogP) is 3.32. The van der Waals surface area contributed by atoms with Crippen molar-refractivity contribution in [3.05, 3.63) is 60.2 Å². The van der Waals surface area contributed by atoms with Gasteiger partial charge in [0.05, 0.1) is 12.0 Å². The van der Waals surface area contributed by atoms with Crippen LogP contribution in [0.5, 0.6) is 0 Å². The quantitative estimate of drug-likeness (QED) is 0.662. The number of halogens is 3. The van der Waals surface area contributed by atoms with Crippen molar-refractivity contribution in [1.82, 2.24) is 29.5 Å². The van der Waals surface area contributed by atoms with Crippen LogP contribution in [0.2, 0.25) is 0 Å². The third-order valence-corrected chi connectivity index (χ3v) is 4.90. The molecule has 0 saturated heterocycles. The molecule has 1 aromatic carbocycles. The lowest BCUT2D eigenvalue weighted by atomic mass is 9.95. The van der Waals surface area contributed by atoms with Crippen LogP contribution in [0.3, 0.4) is 0 Å². The van der Waals surface area contributed by atoms with Gasteiger partial charge in [-0.15, -0.1) is 0 Å². The van der Waals surface area contributed by atoms with Crippen LogP contribution in [0.1, 0.15) is 42.9 Å². The van der Waals surface area contributed by atoms with E-state index in [4.69, 9.17) is 0 Å². The maximum atomic E-state index is 13.1. The zero-order valence-corrected chi connectivity index (χ0v) is 14.8. The van der Waals surface area contributed by atoms with Gasteiger partial charge in [0.2, 0.25) is 0 Å². The molecule has 4 rings (SSSR count). The number of hydrogen-bond acceptors (Lipinski definition) is 4. The SMILES string of the molecule is C[C@@H](Cn1cncn1)c1nc(C2(c3ccccc3)CC2)nn1CC(F)(F)F. The van der Waals surface area contributed by atoms with E-state index < -0.39 is 12.7 Å². The fourth-order valence-electron chi connectivity index (χ4n) is 3.42. The Morgan fingerprint density at radius 2 is 1.93 bits per heavy atom. The first-order valence-corrected chi connectivity index (χ1v) is 8.77. The van der Waals surface area contributed by atoms with E-state index >= 15 is 0 Å². The molecule has 1 saturated carbocycles. The highest BCUT2D eigenvalue weighted by molar-refractivity contribution is 5.39. The van der Waals surface area contributed by atoms with E-state index in [1.165, 1.54) is 12.7 Å². The highest BCUT2D eigenvalue weighted by Gasteiger charge is 2.50. The van der Waals surface area contributed by atoms with Crippen molar-refractivity contribution < 1.29 is 13.2 Å². The summed E-state index contributed by atoms with van der Waals surface area (Å²) in [6.07, 6.45) is 0.242. The third kappa shape index (κ3) is 3.58. The van der Waals surface area contributed by atoms with Crippen molar-refractivity contribution in [2.24, 2.45) is 0 Å². The Kier molecular flexibility index (Phi) is 4.24. The molecule has 0 amide bonds. The molecule has 9 heteroatoms. The fraction of sp³-hybridized carbons (Fsp3) is 0.444. The van der Waals surface area contributed by atoms with Crippen LogP contribution in [0, 0.1) is 0 Å². The van der Waals surface area contributed by atoms with Gasteiger partial charge in [-0.05, 0) is 18.4 Å². The largest absolute Gasteiger partial charge is 0.408 e. The van der Waals surface area contributed by atoms with Crippen LogP contribution >= 0.6 is 0 Å². The smallest absolute Gasteiger partial charge is 0.252 e. The van der Waals surface area contributed by atoms with Gasteiger partial charge in [-0.25, -0.2) is 14.6 Å². The molecule has 0 N–H and O–H groups in total. The second kappa shape index (κ2) is 6.47. The second-order valence-corrected chi connectivity index (χ2v) is 7.03. The van der Waals surface area contributed by atoms with Gasteiger partial charge in [0.25, 0.3) is 0 Å². The summed E-state index contributed by atoms with van der Waals surface area (Å²) >= 11 is 0. The van der Waals surface area contributed by atoms with E-state index in [1.807, 2.05) is 37.3 Å². The average molecular weight is 376 g/mol. The van der Waals surface area contributed by atoms with Gasteiger partial charge in [-0.1, -0.05) is 37.3 Å². The summed E-state index contributed by atoms with van der Waals surface area (Å²) in [4.78, 5) is 8.45. The minimum absolute atomic E-state index is 0.290. The maximum Gasteiger partial charge on any atom is 0.408 e. The molecule has 2 aromatic heterocycles. The van der Waals surface area contributed by atoms with Gasteiger partial charge in [0.1, 0.15) is 25.0 Å². The first-order chi connectivity index (χ1) is 12.9. The topological polar surface area (TPSA) is 61.4 Å². The van der Waals surface area contributed by atoms with Crippen molar-refractivity contribution >= 4 is 0 Å². The van der Waals surface area contributed by atoms with Crippen LogP contribution in [-0.2, 0) is 18.5 Å². The number of nitrogens with zero attached hydrogens (tertiary/aromatic N) is 6. The van der Waals surface area contributed by atoms with Crippen molar-refractivity contribution in [3.8, 4) is 0 Å². The number of benzene rings is 1. The summed E-state index contributed by atoms with van der Waals surface area (Å²) in [5.74, 6) is 0.500. The summed E-state index contributed by atoms with van der Waals surface area (Å²) in [5.41, 5.74) is 0.671.